The molecule has 1 aliphatic rings. The highest BCUT2D eigenvalue weighted by Crippen LogP contribution is 2.32. The average molecular weight is 613 g/mol. The van der Waals surface area contributed by atoms with Crippen molar-refractivity contribution in [1.29, 1.82) is 0 Å². The molecule has 1 rings (SSSR count). The summed E-state index contributed by atoms with van der Waals surface area (Å²) in [6, 6.07) is 0. The van der Waals surface area contributed by atoms with E-state index in [-0.39, 0.29) is 11.9 Å². The molecular weight excluding hydrogens is 536 g/mol. The third kappa shape index (κ3) is 26.0. The molecule has 1 unspecified atom stereocenters. The van der Waals surface area contributed by atoms with Crippen LogP contribution in [0.15, 0.2) is 36.1 Å². The second-order valence-corrected chi connectivity index (χ2v) is 13.7. The van der Waals surface area contributed by atoms with Crippen LogP contribution < -0.4 is 0 Å². The summed E-state index contributed by atoms with van der Waals surface area (Å²) in [5.74, 6) is 1.06. The normalized spacial score (nSPS) is 16.0. The van der Waals surface area contributed by atoms with Gasteiger partial charge in [-0.15, -0.1) is 0 Å². The second-order valence-electron chi connectivity index (χ2n) is 13.7. The van der Waals surface area contributed by atoms with Crippen molar-refractivity contribution >= 4 is 5.97 Å². The van der Waals surface area contributed by atoms with E-state index in [0.29, 0.717) is 0 Å². The maximum Gasteiger partial charge on any atom is 0.321 e. The van der Waals surface area contributed by atoms with Gasteiger partial charge in [-0.2, -0.15) is 0 Å². The Kier molecular flexibility index (Phi) is 30.6. The minimum Gasteiger partial charge on any atom is -0.430 e. The molecule has 1 saturated heterocycles. The van der Waals surface area contributed by atoms with Crippen molar-refractivity contribution < 1.29 is 9.53 Å². The second kappa shape index (κ2) is 33.1. The van der Waals surface area contributed by atoms with Crippen LogP contribution in [-0.2, 0) is 9.53 Å². The van der Waals surface area contributed by atoms with Gasteiger partial charge in [0.25, 0.3) is 0 Å². The molecule has 0 saturated carbocycles. The lowest BCUT2D eigenvalue weighted by Gasteiger charge is -2.28. The summed E-state index contributed by atoms with van der Waals surface area (Å²) in [6.07, 6.45) is 54.2. The van der Waals surface area contributed by atoms with E-state index in [4.69, 9.17) is 4.74 Å². The van der Waals surface area contributed by atoms with Crippen molar-refractivity contribution in [2.24, 2.45) is 5.92 Å². The van der Waals surface area contributed by atoms with E-state index in [1.165, 1.54) is 186 Å². The summed E-state index contributed by atoms with van der Waals surface area (Å²) < 4.78 is 5.38. The Labute approximate surface area is 276 Å². The van der Waals surface area contributed by atoms with Gasteiger partial charge in [-0.05, 0) is 76.7 Å². The van der Waals surface area contributed by atoms with Gasteiger partial charge in [0, 0.05) is 0 Å². The van der Waals surface area contributed by atoms with Crippen LogP contribution >= 0.6 is 0 Å². The summed E-state index contributed by atoms with van der Waals surface area (Å²) in [5, 5.41) is 0. The summed E-state index contributed by atoms with van der Waals surface area (Å²) >= 11 is 0. The van der Waals surface area contributed by atoms with Crippen molar-refractivity contribution in [3.8, 4) is 0 Å². The molecule has 0 aromatic carbocycles. The topological polar surface area (TPSA) is 26.3 Å². The van der Waals surface area contributed by atoms with E-state index in [0.717, 1.165) is 25.0 Å². The zero-order valence-corrected chi connectivity index (χ0v) is 29.9. The SMILES string of the molecule is CCCCCCCC/C=C/CCCCCCCCC/C=C1/OC(=O)C1CCCCCCCCC/C=C/CCCCCCCC. The number of allylic oxidation sites excluding steroid dienone is 5. The van der Waals surface area contributed by atoms with Crippen molar-refractivity contribution in [2.75, 3.05) is 0 Å². The van der Waals surface area contributed by atoms with Gasteiger partial charge in [0.05, 0.1) is 0 Å². The molecule has 1 aliphatic heterocycles. The summed E-state index contributed by atoms with van der Waals surface area (Å²) in [6.45, 7) is 4.57. The molecule has 44 heavy (non-hydrogen) atoms. The van der Waals surface area contributed by atoms with Crippen molar-refractivity contribution in [3.63, 3.8) is 0 Å². The van der Waals surface area contributed by atoms with Gasteiger partial charge < -0.3 is 4.74 Å². The molecule has 1 heterocycles. The highest BCUT2D eigenvalue weighted by molar-refractivity contribution is 5.82. The van der Waals surface area contributed by atoms with Crippen LogP contribution in [0, 0.1) is 5.92 Å². The van der Waals surface area contributed by atoms with E-state index in [1.54, 1.807) is 0 Å². The predicted molar refractivity (Wildman–Crippen MR) is 195 cm³/mol. The molecule has 256 valence electrons. The monoisotopic (exact) mass is 613 g/mol. The number of unbranched alkanes of at least 4 members (excludes halogenated alkanes) is 27. The van der Waals surface area contributed by atoms with Gasteiger partial charge in [0.15, 0.2) is 0 Å². The number of cyclic esters (lactones) is 1. The number of hydrogen-bond acceptors (Lipinski definition) is 2. The van der Waals surface area contributed by atoms with E-state index >= 15 is 0 Å². The minimum atomic E-state index is 0.0121. The van der Waals surface area contributed by atoms with Gasteiger partial charge >= 0.3 is 5.97 Å². The van der Waals surface area contributed by atoms with Gasteiger partial charge in [0.1, 0.15) is 11.7 Å². The van der Waals surface area contributed by atoms with E-state index in [2.05, 4.69) is 44.2 Å². The molecule has 0 aromatic rings. The third-order valence-electron chi connectivity index (χ3n) is 9.41. The quantitative estimate of drug-likeness (QED) is 0.0410. The van der Waals surface area contributed by atoms with Crippen LogP contribution in [0.3, 0.4) is 0 Å². The molecule has 0 spiro atoms. The molecular formula is C42H76O2. The number of esters is 1. The zero-order chi connectivity index (χ0) is 31.6. The van der Waals surface area contributed by atoms with E-state index in [1.807, 2.05) is 0 Å². The zero-order valence-electron chi connectivity index (χ0n) is 29.9. The Morgan fingerprint density at radius 3 is 1.11 bits per heavy atom. The number of carbonyl (C=O) groups is 1. The minimum absolute atomic E-state index is 0.0121. The van der Waals surface area contributed by atoms with Crippen LogP contribution in [0.4, 0.5) is 0 Å². The number of hydrogen-bond donors (Lipinski definition) is 0. The maximum absolute atomic E-state index is 12.0. The van der Waals surface area contributed by atoms with Crippen LogP contribution in [0.2, 0.25) is 0 Å². The van der Waals surface area contributed by atoms with Crippen LogP contribution in [0.25, 0.3) is 0 Å². The molecule has 0 radical (unpaired) electrons. The average Bonchev–Trinajstić information content (AvgIpc) is 3.03. The molecule has 1 fully saturated rings. The molecule has 0 aliphatic carbocycles. The standard InChI is InChI=1S/C42H76O2/c1-3-5-7-9-11-13-15-17-19-21-23-25-27-29-31-33-35-37-39-41-40(42(43)44-41)38-36-34-32-30-28-26-24-22-20-18-16-14-12-10-8-6-4-2/h17-20,39-40H,3-16,21-38H2,1-2H3/b19-17+,20-18+,41-39+. The van der Waals surface area contributed by atoms with Crippen LogP contribution in [0.5, 0.6) is 0 Å². The van der Waals surface area contributed by atoms with Crippen molar-refractivity contribution in [3.05, 3.63) is 36.1 Å². The van der Waals surface area contributed by atoms with Crippen molar-refractivity contribution in [1.82, 2.24) is 0 Å². The first kappa shape index (κ1) is 40.7. The highest BCUT2D eigenvalue weighted by Gasteiger charge is 2.36. The van der Waals surface area contributed by atoms with E-state index < -0.39 is 0 Å². The Morgan fingerprint density at radius 2 is 0.750 bits per heavy atom. The Balaban J connectivity index is 1.85. The Bertz CT molecular complexity index is 703. The maximum atomic E-state index is 12.0. The van der Waals surface area contributed by atoms with Crippen LogP contribution in [-0.4, -0.2) is 5.97 Å². The van der Waals surface area contributed by atoms with E-state index in [9.17, 15) is 4.79 Å². The molecule has 2 heteroatoms. The summed E-state index contributed by atoms with van der Waals surface area (Å²) in [4.78, 5) is 12.0. The fourth-order valence-corrected chi connectivity index (χ4v) is 6.35. The Hall–Kier alpha value is -1.31. The first-order valence-corrected chi connectivity index (χ1v) is 20.0. The first-order chi connectivity index (χ1) is 21.8. The lowest BCUT2D eigenvalue weighted by Crippen LogP contribution is -2.32. The highest BCUT2D eigenvalue weighted by atomic mass is 16.6. The first-order valence-electron chi connectivity index (χ1n) is 20.0. The number of ether oxygens (including phenoxy) is 1. The molecule has 0 N–H and O–H groups in total. The largest absolute Gasteiger partial charge is 0.430 e. The van der Waals surface area contributed by atoms with Gasteiger partial charge in [-0.25, -0.2) is 0 Å². The number of rotatable bonds is 34. The van der Waals surface area contributed by atoms with Gasteiger partial charge in [-0.3, -0.25) is 4.79 Å². The van der Waals surface area contributed by atoms with Gasteiger partial charge in [0.2, 0.25) is 0 Å². The number of carbonyl (C=O) groups excluding carboxylic acids is 1. The van der Waals surface area contributed by atoms with Crippen molar-refractivity contribution in [2.45, 2.75) is 219 Å². The molecule has 0 aromatic heterocycles. The summed E-state index contributed by atoms with van der Waals surface area (Å²) in [7, 11) is 0. The van der Waals surface area contributed by atoms with Crippen LogP contribution in [0.1, 0.15) is 219 Å². The fraction of sp³-hybridized carbons (Fsp3) is 0.833. The molecule has 0 bridgehead atoms. The lowest BCUT2D eigenvalue weighted by atomic mass is 9.93. The lowest BCUT2D eigenvalue weighted by molar-refractivity contribution is -0.157. The smallest absolute Gasteiger partial charge is 0.321 e. The predicted octanol–water partition coefficient (Wildman–Crippen LogP) is 14.7. The molecule has 1 atom stereocenters. The fourth-order valence-electron chi connectivity index (χ4n) is 6.35. The third-order valence-corrected chi connectivity index (χ3v) is 9.41. The Morgan fingerprint density at radius 1 is 0.432 bits per heavy atom. The molecule has 2 nitrogen and oxygen atoms in total. The summed E-state index contributed by atoms with van der Waals surface area (Å²) in [5.41, 5.74) is 0. The van der Waals surface area contributed by atoms with Gasteiger partial charge in [-0.1, -0.05) is 173 Å². The molecule has 0 amide bonds.